The van der Waals surface area contributed by atoms with Gasteiger partial charge in [0.15, 0.2) is 0 Å². The number of nitrogens with one attached hydrogen (secondary N) is 1. The van der Waals surface area contributed by atoms with Crippen molar-refractivity contribution in [3.05, 3.63) is 40.4 Å². The number of pyridine rings is 2. The van der Waals surface area contributed by atoms with Crippen LogP contribution in [0.4, 0.5) is 0 Å². The molecule has 1 N–H and O–H groups in total. The smallest absolute Gasteiger partial charge is 0.248 e. The molecule has 0 saturated carbocycles. The zero-order valence-corrected chi connectivity index (χ0v) is 6.66. The molecule has 0 aliphatic carbocycles. The van der Waals surface area contributed by atoms with Gasteiger partial charge in [0.05, 0.1) is 11.7 Å². The van der Waals surface area contributed by atoms with E-state index in [1.54, 1.807) is 12.3 Å². The Bertz CT molecular complexity index is 473. The van der Waals surface area contributed by atoms with E-state index in [9.17, 15) is 4.79 Å². The molecule has 0 aliphatic rings. The fourth-order valence-electron chi connectivity index (χ4n) is 1.16. The molecule has 0 fully saturated rings. The number of aromatic nitrogens is 2. The molecule has 0 bridgehead atoms. The number of hydrogen-bond acceptors (Lipinski definition) is 2. The summed E-state index contributed by atoms with van der Waals surface area (Å²) in [6.07, 6.45) is 1.67. The molecule has 2 aromatic heterocycles. The zero-order valence-electron chi connectivity index (χ0n) is 6.66. The molecule has 0 atom stereocenters. The summed E-state index contributed by atoms with van der Waals surface area (Å²) in [5.74, 6) is 0. The molecule has 0 unspecified atom stereocenters. The molecule has 0 aromatic carbocycles. The van der Waals surface area contributed by atoms with Crippen molar-refractivity contribution in [3.63, 3.8) is 0 Å². The normalized spacial score (nSPS) is 10.4. The average Bonchev–Trinajstić information content (AvgIpc) is 2.05. The van der Waals surface area contributed by atoms with Crippen molar-refractivity contribution in [2.24, 2.45) is 0 Å². The Kier molecular flexibility index (Phi) is 1.43. The third kappa shape index (κ3) is 1.09. The standard InChI is InChI=1S/C9H8N2O/c1-6-4-7-2-3-9(12)11-8(7)5-10-6/h2-5H,1H3,(H,11,12). The monoisotopic (exact) mass is 160 g/mol. The first kappa shape index (κ1) is 7.03. The quantitative estimate of drug-likeness (QED) is 0.630. The van der Waals surface area contributed by atoms with Gasteiger partial charge in [-0.25, -0.2) is 0 Å². The third-order valence-corrected chi connectivity index (χ3v) is 1.74. The van der Waals surface area contributed by atoms with Gasteiger partial charge in [-0.1, -0.05) is 0 Å². The molecule has 0 spiro atoms. The Morgan fingerprint density at radius 1 is 1.42 bits per heavy atom. The fraction of sp³-hybridized carbons (Fsp3) is 0.111. The van der Waals surface area contributed by atoms with Crippen LogP contribution in [-0.2, 0) is 0 Å². The molecular weight excluding hydrogens is 152 g/mol. The van der Waals surface area contributed by atoms with E-state index in [1.165, 1.54) is 6.07 Å². The van der Waals surface area contributed by atoms with Crippen LogP contribution < -0.4 is 5.56 Å². The minimum atomic E-state index is -0.0897. The van der Waals surface area contributed by atoms with Crippen molar-refractivity contribution in [1.82, 2.24) is 9.97 Å². The van der Waals surface area contributed by atoms with Gasteiger partial charge in [-0.2, -0.15) is 0 Å². The molecule has 0 saturated heterocycles. The van der Waals surface area contributed by atoms with E-state index in [1.807, 2.05) is 13.0 Å². The number of aryl methyl sites for hydroxylation is 1. The molecule has 3 heteroatoms. The highest BCUT2D eigenvalue weighted by atomic mass is 16.1. The van der Waals surface area contributed by atoms with Gasteiger partial charge in [-0.05, 0) is 19.1 Å². The largest absolute Gasteiger partial charge is 0.321 e. The maximum atomic E-state index is 10.9. The SMILES string of the molecule is Cc1cc2ccc(=O)[nH]c2cn1. The zero-order chi connectivity index (χ0) is 8.55. The van der Waals surface area contributed by atoms with Crippen molar-refractivity contribution in [1.29, 1.82) is 0 Å². The van der Waals surface area contributed by atoms with Gasteiger partial charge >= 0.3 is 0 Å². The molecule has 0 amide bonds. The second kappa shape index (κ2) is 2.44. The van der Waals surface area contributed by atoms with Crippen LogP contribution in [0.1, 0.15) is 5.69 Å². The average molecular weight is 160 g/mol. The minimum absolute atomic E-state index is 0.0897. The number of aromatic amines is 1. The Morgan fingerprint density at radius 3 is 3.08 bits per heavy atom. The van der Waals surface area contributed by atoms with E-state index in [4.69, 9.17) is 0 Å². The summed E-state index contributed by atoms with van der Waals surface area (Å²) < 4.78 is 0. The highest BCUT2D eigenvalue weighted by Gasteiger charge is 1.93. The van der Waals surface area contributed by atoms with Gasteiger partial charge in [0.1, 0.15) is 0 Å². The molecule has 2 rings (SSSR count). The summed E-state index contributed by atoms with van der Waals surface area (Å²) in [4.78, 5) is 17.7. The molecule has 2 aromatic rings. The molecule has 2 heterocycles. The van der Waals surface area contributed by atoms with E-state index in [2.05, 4.69) is 9.97 Å². The Hall–Kier alpha value is -1.64. The number of fused-ring (bicyclic) bond motifs is 1. The van der Waals surface area contributed by atoms with Crippen LogP contribution in [0.25, 0.3) is 10.9 Å². The van der Waals surface area contributed by atoms with E-state index in [0.29, 0.717) is 0 Å². The number of hydrogen-bond donors (Lipinski definition) is 1. The van der Waals surface area contributed by atoms with E-state index in [0.717, 1.165) is 16.6 Å². The van der Waals surface area contributed by atoms with Crippen LogP contribution in [0, 0.1) is 6.92 Å². The second-order valence-electron chi connectivity index (χ2n) is 2.74. The van der Waals surface area contributed by atoms with E-state index >= 15 is 0 Å². The van der Waals surface area contributed by atoms with Crippen molar-refractivity contribution in [3.8, 4) is 0 Å². The summed E-state index contributed by atoms with van der Waals surface area (Å²) in [5.41, 5.74) is 1.65. The highest BCUT2D eigenvalue weighted by Crippen LogP contribution is 2.07. The number of rotatable bonds is 0. The number of nitrogens with zero attached hydrogens (tertiary/aromatic N) is 1. The molecule has 3 nitrogen and oxygen atoms in total. The lowest BCUT2D eigenvalue weighted by Gasteiger charge is -1.96. The Labute approximate surface area is 69.1 Å². The van der Waals surface area contributed by atoms with Gasteiger partial charge < -0.3 is 4.98 Å². The van der Waals surface area contributed by atoms with Crippen LogP contribution in [0.3, 0.4) is 0 Å². The van der Waals surface area contributed by atoms with Crippen molar-refractivity contribution >= 4 is 10.9 Å². The molecular formula is C9H8N2O. The van der Waals surface area contributed by atoms with Crippen LogP contribution >= 0.6 is 0 Å². The lowest BCUT2D eigenvalue weighted by molar-refractivity contribution is 1.19. The minimum Gasteiger partial charge on any atom is -0.321 e. The third-order valence-electron chi connectivity index (χ3n) is 1.74. The lowest BCUT2D eigenvalue weighted by Crippen LogP contribution is -2.02. The first-order valence-corrected chi connectivity index (χ1v) is 3.71. The van der Waals surface area contributed by atoms with Gasteiger partial charge in [0, 0.05) is 17.1 Å². The fourth-order valence-corrected chi connectivity index (χ4v) is 1.16. The molecule has 0 aliphatic heterocycles. The van der Waals surface area contributed by atoms with Gasteiger partial charge in [-0.15, -0.1) is 0 Å². The summed E-state index contributed by atoms with van der Waals surface area (Å²) in [5, 5.41) is 1.02. The predicted molar refractivity (Wildman–Crippen MR) is 47.1 cm³/mol. The topological polar surface area (TPSA) is 45.8 Å². The first-order chi connectivity index (χ1) is 5.75. The Morgan fingerprint density at radius 2 is 2.25 bits per heavy atom. The van der Waals surface area contributed by atoms with Gasteiger partial charge in [-0.3, -0.25) is 9.78 Å². The molecule has 0 radical (unpaired) electrons. The van der Waals surface area contributed by atoms with E-state index < -0.39 is 0 Å². The van der Waals surface area contributed by atoms with Gasteiger partial charge in [0.25, 0.3) is 0 Å². The molecule has 12 heavy (non-hydrogen) atoms. The summed E-state index contributed by atoms with van der Waals surface area (Å²) in [7, 11) is 0. The Balaban J connectivity index is 2.87. The van der Waals surface area contributed by atoms with Crippen molar-refractivity contribution in [2.75, 3.05) is 0 Å². The van der Waals surface area contributed by atoms with Crippen LogP contribution in [0.15, 0.2) is 29.2 Å². The van der Waals surface area contributed by atoms with Crippen LogP contribution in [0.2, 0.25) is 0 Å². The van der Waals surface area contributed by atoms with Crippen molar-refractivity contribution in [2.45, 2.75) is 6.92 Å². The summed E-state index contributed by atoms with van der Waals surface area (Å²) in [6.45, 7) is 1.92. The first-order valence-electron chi connectivity index (χ1n) is 3.71. The second-order valence-corrected chi connectivity index (χ2v) is 2.74. The predicted octanol–water partition coefficient (Wildman–Crippen LogP) is 1.23. The number of H-pyrrole nitrogens is 1. The van der Waals surface area contributed by atoms with Crippen LogP contribution in [0.5, 0.6) is 0 Å². The maximum Gasteiger partial charge on any atom is 0.248 e. The summed E-state index contributed by atoms with van der Waals surface area (Å²) >= 11 is 0. The van der Waals surface area contributed by atoms with Crippen LogP contribution in [-0.4, -0.2) is 9.97 Å². The van der Waals surface area contributed by atoms with Gasteiger partial charge in [0.2, 0.25) is 5.56 Å². The van der Waals surface area contributed by atoms with E-state index in [-0.39, 0.29) is 5.56 Å². The summed E-state index contributed by atoms with van der Waals surface area (Å²) in [6, 6.07) is 5.25. The maximum absolute atomic E-state index is 10.9. The highest BCUT2D eigenvalue weighted by molar-refractivity contribution is 5.77. The van der Waals surface area contributed by atoms with Crippen molar-refractivity contribution < 1.29 is 0 Å². The molecule has 60 valence electrons. The lowest BCUT2D eigenvalue weighted by atomic mass is 10.2.